The molecule has 1 aromatic rings. The minimum Gasteiger partial charge on any atom is -0.508 e. The lowest BCUT2D eigenvalue weighted by Gasteiger charge is -2.24. The van der Waals surface area contributed by atoms with Gasteiger partial charge in [0.2, 0.25) is 0 Å². The van der Waals surface area contributed by atoms with Crippen LogP contribution in [-0.4, -0.2) is 21.3 Å². The zero-order chi connectivity index (χ0) is 12.5. The van der Waals surface area contributed by atoms with Gasteiger partial charge in [0, 0.05) is 11.1 Å². The summed E-state index contributed by atoms with van der Waals surface area (Å²) in [7, 11) is 0. The van der Waals surface area contributed by atoms with Crippen LogP contribution in [0.4, 0.5) is 0 Å². The zero-order valence-electron chi connectivity index (χ0n) is 9.61. The molecule has 4 nitrogen and oxygen atoms in total. The average Bonchev–Trinajstić information content (AvgIpc) is 2.08. The third-order valence-corrected chi connectivity index (χ3v) is 2.34. The van der Waals surface area contributed by atoms with Gasteiger partial charge in [-0.2, -0.15) is 0 Å². The molecule has 0 aromatic heterocycles. The highest BCUT2D eigenvalue weighted by Gasteiger charge is 2.25. The van der Waals surface area contributed by atoms with Gasteiger partial charge in [0.05, 0.1) is 6.42 Å². The molecule has 1 aromatic carbocycles. The Balaban J connectivity index is 3.43. The molecule has 0 radical (unpaired) electrons. The van der Waals surface area contributed by atoms with Crippen molar-refractivity contribution in [2.45, 2.75) is 32.6 Å². The van der Waals surface area contributed by atoms with Crippen LogP contribution in [0.25, 0.3) is 0 Å². The van der Waals surface area contributed by atoms with Crippen molar-refractivity contribution in [1.82, 2.24) is 0 Å². The van der Waals surface area contributed by atoms with Gasteiger partial charge in [-0.15, -0.1) is 0 Å². The van der Waals surface area contributed by atoms with Crippen LogP contribution in [0.15, 0.2) is 12.1 Å². The van der Waals surface area contributed by atoms with Gasteiger partial charge in [-0.3, -0.25) is 4.79 Å². The first kappa shape index (κ1) is 12.4. The molecular formula is C12H16O4. The summed E-state index contributed by atoms with van der Waals surface area (Å²) in [5.74, 6) is -1.11. The highest BCUT2D eigenvalue weighted by Crippen LogP contribution is 2.38. The van der Waals surface area contributed by atoms with E-state index in [0.717, 1.165) is 0 Å². The maximum absolute atomic E-state index is 10.7. The fourth-order valence-electron chi connectivity index (χ4n) is 1.79. The molecule has 0 aliphatic rings. The van der Waals surface area contributed by atoms with E-state index in [1.54, 1.807) is 0 Å². The molecule has 16 heavy (non-hydrogen) atoms. The number of phenolic OH excluding ortho intramolecular Hbond substituents is 2. The van der Waals surface area contributed by atoms with Crippen LogP contribution in [0.3, 0.4) is 0 Å². The standard InChI is InChI=1S/C12H16O4/c1-12(2,3)11-7(6-10(15)16)8(13)4-5-9(11)14/h4-5,13-14H,6H2,1-3H3,(H,15,16). The van der Waals surface area contributed by atoms with Gasteiger partial charge < -0.3 is 15.3 Å². The van der Waals surface area contributed by atoms with Crippen LogP contribution in [0.2, 0.25) is 0 Å². The Morgan fingerprint density at radius 2 is 1.69 bits per heavy atom. The van der Waals surface area contributed by atoms with Gasteiger partial charge in [-0.1, -0.05) is 20.8 Å². The number of carboxylic acids is 1. The van der Waals surface area contributed by atoms with E-state index in [-0.39, 0.29) is 23.5 Å². The molecule has 0 fully saturated rings. The second-order valence-corrected chi connectivity index (χ2v) is 4.78. The molecule has 0 unspecified atom stereocenters. The summed E-state index contributed by atoms with van der Waals surface area (Å²) in [6.45, 7) is 5.56. The Bertz CT molecular complexity index is 416. The molecule has 0 aliphatic heterocycles. The Hall–Kier alpha value is -1.71. The summed E-state index contributed by atoms with van der Waals surface area (Å²) >= 11 is 0. The van der Waals surface area contributed by atoms with E-state index in [1.807, 2.05) is 20.8 Å². The van der Waals surface area contributed by atoms with Gasteiger partial charge in [-0.25, -0.2) is 0 Å². The van der Waals surface area contributed by atoms with Crippen molar-refractivity contribution in [3.63, 3.8) is 0 Å². The number of aromatic hydroxyl groups is 2. The SMILES string of the molecule is CC(C)(C)c1c(O)ccc(O)c1CC(=O)O. The zero-order valence-corrected chi connectivity index (χ0v) is 9.61. The van der Waals surface area contributed by atoms with Crippen molar-refractivity contribution in [3.8, 4) is 11.5 Å². The Labute approximate surface area is 94.2 Å². The van der Waals surface area contributed by atoms with Crippen molar-refractivity contribution < 1.29 is 20.1 Å². The van der Waals surface area contributed by atoms with Crippen LogP contribution in [0, 0.1) is 0 Å². The van der Waals surface area contributed by atoms with Crippen molar-refractivity contribution in [2.24, 2.45) is 0 Å². The first-order chi connectivity index (χ1) is 7.23. The minimum atomic E-state index is -1.04. The molecule has 0 saturated heterocycles. The topological polar surface area (TPSA) is 77.8 Å². The van der Waals surface area contributed by atoms with E-state index in [1.165, 1.54) is 12.1 Å². The molecule has 0 saturated carbocycles. The predicted octanol–water partition coefficient (Wildman–Crippen LogP) is 2.02. The number of phenols is 2. The molecule has 0 spiro atoms. The summed E-state index contributed by atoms with van der Waals surface area (Å²) in [6, 6.07) is 2.68. The molecule has 88 valence electrons. The number of benzene rings is 1. The van der Waals surface area contributed by atoms with Crippen LogP contribution < -0.4 is 0 Å². The summed E-state index contributed by atoms with van der Waals surface area (Å²) in [6.07, 6.45) is -0.299. The van der Waals surface area contributed by atoms with Gasteiger partial charge in [0.25, 0.3) is 0 Å². The number of carbonyl (C=O) groups is 1. The van der Waals surface area contributed by atoms with Crippen LogP contribution >= 0.6 is 0 Å². The van der Waals surface area contributed by atoms with Crippen LogP contribution in [0.1, 0.15) is 31.9 Å². The quantitative estimate of drug-likeness (QED) is 0.671. The van der Waals surface area contributed by atoms with Crippen molar-refractivity contribution in [2.75, 3.05) is 0 Å². The maximum atomic E-state index is 10.7. The highest BCUT2D eigenvalue weighted by atomic mass is 16.4. The van der Waals surface area contributed by atoms with Gasteiger partial charge in [0.15, 0.2) is 0 Å². The molecule has 0 amide bonds. The van der Waals surface area contributed by atoms with Crippen LogP contribution in [-0.2, 0) is 16.6 Å². The van der Waals surface area contributed by atoms with Crippen molar-refractivity contribution in [1.29, 1.82) is 0 Å². The van der Waals surface area contributed by atoms with Crippen LogP contribution in [0.5, 0.6) is 11.5 Å². The molecule has 0 atom stereocenters. The fraction of sp³-hybridized carbons (Fsp3) is 0.417. The predicted molar refractivity (Wildman–Crippen MR) is 59.8 cm³/mol. The van der Waals surface area contributed by atoms with Gasteiger partial charge in [-0.05, 0) is 17.5 Å². The number of hydrogen-bond acceptors (Lipinski definition) is 3. The summed E-state index contributed by atoms with van der Waals surface area (Å²) < 4.78 is 0. The molecular weight excluding hydrogens is 208 g/mol. The lowest BCUT2D eigenvalue weighted by Crippen LogP contribution is -2.16. The number of aliphatic carboxylic acids is 1. The number of carboxylic acid groups (broad SMARTS) is 1. The Morgan fingerprint density at radius 3 is 2.12 bits per heavy atom. The average molecular weight is 224 g/mol. The first-order valence-electron chi connectivity index (χ1n) is 4.99. The Kier molecular flexibility index (Phi) is 3.12. The molecule has 3 N–H and O–H groups in total. The molecule has 1 rings (SSSR count). The maximum Gasteiger partial charge on any atom is 0.307 e. The lowest BCUT2D eigenvalue weighted by molar-refractivity contribution is -0.136. The van der Waals surface area contributed by atoms with Gasteiger partial charge in [0.1, 0.15) is 11.5 Å². The second-order valence-electron chi connectivity index (χ2n) is 4.78. The van der Waals surface area contributed by atoms with E-state index >= 15 is 0 Å². The third kappa shape index (κ3) is 2.45. The molecule has 4 heteroatoms. The monoisotopic (exact) mass is 224 g/mol. The van der Waals surface area contributed by atoms with E-state index < -0.39 is 11.4 Å². The van der Waals surface area contributed by atoms with E-state index in [4.69, 9.17) is 5.11 Å². The van der Waals surface area contributed by atoms with Crippen molar-refractivity contribution in [3.05, 3.63) is 23.3 Å². The number of hydrogen-bond donors (Lipinski definition) is 3. The fourth-order valence-corrected chi connectivity index (χ4v) is 1.79. The molecule has 0 bridgehead atoms. The summed E-state index contributed by atoms with van der Waals surface area (Å²) in [5.41, 5.74) is 0.336. The largest absolute Gasteiger partial charge is 0.508 e. The van der Waals surface area contributed by atoms with E-state index in [9.17, 15) is 15.0 Å². The van der Waals surface area contributed by atoms with E-state index in [2.05, 4.69) is 0 Å². The minimum absolute atomic E-state index is 0.0153. The summed E-state index contributed by atoms with van der Waals surface area (Å²) in [5, 5.41) is 28.2. The van der Waals surface area contributed by atoms with Gasteiger partial charge >= 0.3 is 5.97 Å². The second kappa shape index (κ2) is 4.04. The molecule has 0 aliphatic carbocycles. The van der Waals surface area contributed by atoms with Crippen molar-refractivity contribution >= 4 is 5.97 Å². The van der Waals surface area contributed by atoms with E-state index in [0.29, 0.717) is 5.56 Å². The highest BCUT2D eigenvalue weighted by molar-refractivity contribution is 5.73. The lowest BCUT2D eigenvalue weighted by atomic mass is 9.82. The Morgan fingerprint density at radius 1 is 1.19 bits per heavy atom. The first-order valence-corrected chi connectivity index (χ1v) is 4.99. The smallest absolute Gasteiger partial charge is 0.307 e. The summed E-state index contributed by atoms with van der Waals surface area (Å²) in [4.78, 5) is 10.7. The third-order valence-electron chi connectivity index (χ3n) is 2.34. The molecule has 0 heterocycles. The normalized spacial score (nSPS) is 11.4. The number of rotatable bonds is 2.